The third-order valence-electron chi connectivity index (χ3n) is 15.7. The molecule has 9 aromatic heterocycles. The van der Waals surface area contributed by atoms with Crippen LogP contribution in [0.25, 0.3) is 76.4 Å². The van der Waals surface area contributed by atoms with Gasteiger partial charge in [0.05, 0.1) is 32.3 Å². The highest BCUT2D eigenvalue weighted by Crippen LogP contribution is 2.29. The molecule has 2 unspecified atom stereocenters. The summed E-state index contributed by atoms with van der Waals surface area (Å²) in [4.78, 5) is 64.8. The van der Waals surface area contributed by atoms with Crippen molar-refractivity contribution in [2.45, 2.75) is 45.6 Å². The number of anilines is 8. The van der Waals surface area contributed by atoms with Gasteiger partial charge >= 0.3 is 12.3 Å². The van der Waals surface area contributed by atoms with Crippen LogP contribution in [0, 0.1) is 5.82 Å². The highest BCUT2D eigenvalue weighted by molar-refractivity contribution is 7.22. The Labute approximate surface area is 699 Å². The molecule has 0 bridgehead atoms. The van der Waals surface area contributed by atoms with E-state index in [0.717, 1.165) is 117 Å². The number of nitrogens with two attached hydrogens (primary N) is 9. The molecule has 0 fully saturated rings. The Morgan fingerprint density at radius 3 is 1.41 bits per heavy atom. The van der Waals surface area contributed by atoms with Crippen LogP contribution in [-0.4, -0.2) is 62.4 Å². The molecule has 17 rings (SSSR count). The number of halogens is 2. The zero-order chi connectivity index (χ0) is 85.1. The first-order chi connectivity index (χ1) is 57.2. The fourth-order valence-electron chi connectivity index (χ4n) is 9.84. The number of hydrogen-bond acceptors (Lipinski definition) is 27. The summed E-state index contributed by atoms with van der Waals surface area (Å²) in [6.45, 7) is 6.45. The van der Waals surface area contributed by atoms with Crippen LogP contribution in [0.15, 0.2) is 333 Å². The van der Waals surface area contributed by atoms with E-state index in [1.54, 1.807) is 55.0 Å². The van der Waals surface area contributed by atoms with Crippen LogP contribution in [0.4, 0.5) is 48.2 Å². The van der Waals surface area contributed by atoms with E-state index in [1.165, 1.54) is 69.4 Å². The minimum absolute atomic E-state index is 0.169. The van der Waals surface area contributed by atoms with E-state index in [2.05, 4.69) is 89.0 Å². The lowest BCUT2D eigenvalue weighted by Gasteiger charge is -2.06. The average Bonchev–Trinajstić information content (AvgIpc) is 1.74. The molecule has 600 valence electrons. The van der Waals surface area contributed by atoms with Crippen molar-refractivity contribution in [1.82, 2.24) is 50.1 Å². The largest absolute Gasteiger partial charge is 0.444 e. The van der Waals surface area contributed by atoms with Gasteiger partial charge in [-0.15, -0.1) is 10.2 Å². The van der Waals surface area contributed by atoms with Gasteiger partial charge in [0, 0.05) is 111 Å². The molecule has 118 heavy (non-hydrogen) atoms. The predicted molar refractivity (Wildman–Crippen MR) is 477 cm³/mol. The standard InChI is InChI=1S/C12H11N.3C11H10N2.C9H8N2O.C9H13N.C8H12N2.C7H5ClN2S.C7H5FN2S.C2H3N3S.2CO2/c13-12-8-6-11(7-9-12)10-4-2-1-3-5-10;12-11-5-1-3-9(7-11)10-4-2-6-13-8-10;12-10-5-3-4-9(8-10)11-6-1-2-7-13-11;12-11-3-1-2-10(8-11)9-4-6-13-7-5-9;10-8-3-1-2-7(4-8)9-5-11-6-12-9;1-3-8(2)9-6-4-5-7-10-9;1-2-8(9)7-3-5-10-6-4-7;2*8-4-1-2-5-6(3-4)11-7(9)10-5;3-2-5-4-1-6-2;2*2-1-3/h1-9H,13H2;3*1-8H,12H2;1-6H,10H2;4-8H,3H2,1-2H3;3-6,8H,2,9H2,1H3;2*1-3H,(H2,9,10);1H,(H2,3,5);;. The van der Waals surface area contributed by atoms with Crippen LogP contribution >= 0.6 is 45.6 Å². The minimum Gasteiger partial charge on any atom is -0.444 e. The van der Waals surface area contributed by atoms with E-state index >= 15 is 0 Å². The predicted octanol–water partition coefficient (Wildman–Crippen LogP) is 19.4. The van der Waals surface area contributed by atoms with Gasteiger partial charge < -0.3 is 56.0 Å². The van der Waals surface area contributed by atoms with E-state index < -0.39 is 0 Å². The van der Waals surface area contributed by atoms with Gasteiger partial charge in [-0.05, 0) is 204 Å². The number of thiazole rings is 2. The minimum atomic E-state index is -0.249. The van der Waals surface area contributed by atoms with Crippen molar-refractivity contribution < 1.29 is 28.0 Å². The molecule has 18 N–H and O–H groups in total. The number of nitrogens with zero attached hydrogens (tertiary/aromatic N) is 10. The Balaban J connectivity index is 0.000000203. The SMILES string of the molecule is CCC(C)c1ccccn1.CCC(N)c1ccncc1.Nc1ccc(-c2ccccc2)cc1.Nc1cccc(-c2ccccn2)c1.Nc1cccc(-c2cccnc2)c1.Nc1cccc(-c2ccncc2)c1.Nc1cccc(-c2cnco2)c1.Nc1nc2ccc(Cl)cc2s1.Nc1nc2ccc(F)cc2s1.Nc1nncs1.O=C=O.O=C=O. The Kier molecular flexibility index (Phi) is 41.2. The van der Waals surface area contributed by atoms with Gasteiger partial charge in [-0.25, -0.2) is 19.3 Å². The van der Waals surface area contributed by atoms with Crippen LogP contribution in [0.2, 0.25) is 5.02 Å². The molecule has 17 aromatic rings. The zero-order valence-electron chi connectivity index (χ0n) is 64.4. The van der Waals surface area contributed by atoms with E-state index in [-0.39, 0.29) is 24.2 Å². The molecule has 0 amide bonds. The fourth-order valence-corrected chi connectivity index (χ4v) is 11.9. The molecule has 0 aliphatic heterocycles. The van der Waals surface area contributed by atoms with Crippen LogP contribution < -0.4 is 51.6 Å². The van der Waals surface area contributed by atoms with Crippen molar-refractivity contribution in [3.63, 3.8) is 0 Å². The van der Waals surface area contributed by atoms with Crippen molar-refractivity contribution in [2.24, 2.45) is 5.73 Å². The molecule has 24 nitrogen and oxygen atoms in total. The smallest absolute Gasteiger partial charge is 0.373 e. The second-order valence-electron chi connectivity index (χ2n) is 24.2. The first-order valence-corrected chi connectivity index (χ1v) is 38.8. The van der Waals surface area contributed by atoms with Gasteiger partial charge in [-0.1, -0.05) is 176 Å². The van der Waals surface area contributed by atoms with Gasteiger partial charge in [0.25, 0.3) is 0 Å². The number of nitrogen functional groups attached to an aromatic ring is 8. The third kappa shape index (κ3) is 34.8. The summed E-state index contributed by atoms with van der Waals surface area (Å²) in [6.07, 6.45) is 20.0. The van der Waals surface area contributed by atoms with Gasteiger partial charge in [0.15, 0.2) is 22.4 Å². The van der Waals surface area contributed by atoms with Gasteiger partial charge in [0.2, 0.25) is 5.13 Å². The summed E-state index contributed by atoms with van der Waals surface area (Å²) < 4.78 is 19.5. The second kappa shape index (κ2) is 52.7. The first-order valence-electron chi connectivity index (χ1n) is 35.9. The number of aromatic nitrogens is 10. The molecular formula is C89H87ClFN19O5S3. The number of hydrogen-bond donors (Lipinski definition) is 9. The summed E-state index contributed by atoms with van der Waals surface area (Å²) in [7, 11) is 0. The Bertz CT molecular complexity index is 5350. The van der Waals surface area contributed by atoms with Crippen molar-refractivity contribution in [1.29, 1.82) is 0 Å². The van der Waals surface area contributed by atoms with Crippen LogP contribution in [0.1, 0.15) is 56.8 Å². The number of oxazole rings is 1. The van der Waals surface area contributed by atoms with Gasteiger partial charge in [-0.2, -0.15) is 19.2 Å². The highest BCUT2D eigenvalue weighted by atomic mass is 35.5. The molecular weight excluding hydrogens is 1570 g/mol. The fraction of sp³-hybridized carbons (Fsp3) is 0.0787. The topological polar surface area (TPSA) is 444 Å². The molecule has 0 saturated heterocycles. The van der Waals surface area contributed by atoms with E-state index in [9.17, 15) is 4.39 Å². The van der Waals surface area contributed by atoms with Crippen LogP contribution in [-0.2, 0) is 19.2 Å². The van der Waals surface area contributed by atoms with Gasteiger partial charge in [-0.3, -0.25) is 24.9 Å². The number of pyridine rings is 5. The normalized spacial score (nSPS) is 10.1. The maximum absolute atomic E-state index is 12.6. The van der Waals surface area contributed by atoms with E-state index in [0.29, 0.717) is 21.3 Å². The molecule has 0 spiro atoms. The van der Waals surface area contributed by atoms with E-state index in [1.807, 2.05) is 237 Å². The quantitative estimate of drug-likeness (QED) is 0.0606. The van der Waals surface area contributed by atoms with Gasteiger partial charge in [0.1, 0.15) is 11.3 Å². The molecule has 0 saturated carbocycles. The van der Waals surface area contributed by atoms with Crippen LogP contribution in [0.3, 0.4) is 0 Å². The van der Waals surface area contributed by atoms with Crippen molar-refractivity contribution in [3.8, 4) is 56.0 Å². The number of fused-ring (bicyclic) bond motifs is 2. The molecule has 0 radical (unpaired) electrons. The maximum atomic E-state index is 12.6. The molecule has 9 heterocycles. The van der Waals surface area contributed by atoms with Crippen molar-refractivity contribution in [2.75, 3.05) is 45.9 Å². The summed E-state index contributed by atoms with van der Waals surface area (Å²) in [5.41, 5.74) is 69.4. The average molecular weight is 1650 g/mol. The zero-order valence-corrected chi connectivity index (χ0v) is 67.6. The molecule has 29 heteroatoms. The summed E-state index contributed by atoms with van der Waals surface area (Å²) >= 11 is 9.84. The lowest BCUT2D eigenvalue weighted by atomic mass is 10.1. The maximum Gasteiger partial charge on any atom is 0.373 e. The second-order valence-corrected chi connectivity index (χ2v) is 27.6. The third-order valence-corrected chi connectivity index (χ3v) is 18.2. The van der Waals surface area contributed by atoms with Crippen LogP contribution in [0.5, 0.6) is 0 Å². The molecule has 0 aliphatic rings. The van der Waals surface area contributed by atoms with E-state index in [4.69, 9.17) is 86.8 Å². The summed E-state index contributed by atoms with van der Waals surface area (Å²) in [5, 5.41) is 9.24. The lowest BCUT2D eigenvalue weighted by Crippen LogP contribution is -2.07. The summed E-state index contributed by atoms with van der Waals surface area (Å²) in [5.74, 6) is 1.09. The molecule has 8 aromatic carbocycles. The molecule has 2 atom stereocenters. The monoisotopic (exact) mass is 1650 g/mol. The van der Waals surface area contributed by atoms with Crippen molar-refractivity contribution in [3.05, 3.63) is 351 Å². The summed E-state index contributed by atoms with van der Waals surface area (Å²) in [6, 6.07) is 82.8. The Hall–Kier alpha value is -14.6. The highest BCUT2D eigenvalue weighted by Gasteiger charge is 2.06. The van der Waals surface area contributed by atoms with Crippen molar-refractivity contribution >= 4 is 122 Å². The lowest BCUT2D eigenvalue weighted by molar-refractivity contribution is -0.193. The first kappa shape index (κ1) is 92.3. The molecule has 0 aliphatic carbocycles. The number of benzene rings is 8. The number of carbonyl (C=O) groups excluding carboxylic acids is 4. The Morgan fingerprint density at radius 1 is 0.424 bits per heavy atom. The Morgan fingerprint density at radius 2 is 0.915 bits per heavy atom. The number of rotatable bonds is 9.